The van der Waals surface area contributed by atoms with Gasteiger partial charge in [0.25, 0.3) is 11.8 Å². The number of ether oxygens (including phenoxy) is 1. The number of carbonyl (C=O) groups is 6. The highest BCUT2D eigenvalue weighted by Gasteiger charge is 2.39. The lowest BCUT2D eigenvalue weighted by Gasteiger charge is -2.14. The Balaban J connectivity index is 0.000000283. The molecule has 170 valence electrons. The molecule has 1 aromatic rings. The van der Waals surface area contributed by atoms with Gasteiger partial charge < -0.3 is 14.9 Å². The molecule has 1 unspecified atom stereocenters. The number of hydrazine groups is 1. The Kier molecular flexibility index (Phi) is 10.6. The summed E-state index contributed by atoms with van der Waals surface area (Å²) in [7, 11) is 0. The van der Waals surface area contributed by atoms with Gasteiger partial charge in [-0.15, -0.1) is 0 Å². The van der Waals surface area contributed by atoms with Crippen molar-refractivity contribution in [3.63, 3.8) is 0 Å². The van der Waals surface area contributed by atoms with Gasteiger partial charge in [-0.1, -0.05) is 38.0 Å². The Morgan fingerprint density at radius 3 is 1.94 bits per heavy atom. The maximum absolute atomic E-state index is 12.1. The van der Waals surface area contributed by atoms with Crippen molar-refractivity contribution in [2.45, 2.75) is 26.2 Å². The Labute approximate surface area is 182 Å². The Morgan fingerprint density at radius 1 is 1.00 bits per heavy atom. The summed E-state index contributed by atoms with van der Waals surface area (Å²) in [5, 5.41) is 17.0. The first-order chi connectivity index (χ1) is 15.1. The van der Waals surface area contributed by atoms with E-state index >= 15 is 0 Å². The number of aliphatic carboxylic acids is 2. The van der Waals surface area contributed by atoms with Gasteiger partial charge in [0, 0.05) is 24.3 Å². The van der Waals surface area contributed by atoms with E-state index in [-0.39, 0.29) is 11.8 Å². The van der Waals surface area contributed by atoms with Crippen LogP contribution in [0, 0.1) is 5.92 Å². The Hall–Kier alpha value is -4.28. The first-order valence-corrected chi connectivity index (χ1v) is 9.43. The van der Waals surface area contributed by atoms with Crippen LogP contribution < -0.4 is 10.4 Å². The number of unbranched alkanes of at least 4 members (excludes halogenated alkanes) is 1. The van der Waals surface area contributed by atoms with Crippen LogP contribution >= 0.6 is 0 Å². The number of nitrogens with one attached hydrogen (secondary N) is 1. The molecule has 2 aliphatic heterocycles. The van der Waals surface area contributed by atoms with Gasteiger partial charge in [0.15, 0.2) is 0 Å². The predicted molar refractivity (Wildman–Crippen MR) is 110 cm³/mol. The highest BCUT2D eigenvalue weighted by atomic mass is 16.6. The molecule has 0 aromatic heterocycles. The van der Waals surface area contributed by atoms with Gasteiger partial charge in [-0.05, 0) is 18.6 Å². The second-order valence-electron chi connectivity index (χ2n) is 6.26. The van der Waals surface area contributed by atoms with Crippen molar-refractivity contribution in [3.8, 4) is 0 Å². The SMILES string of the molecule is CCCCC1C(=O)NN(c2ccccc2)C1=O.O=C(O)/C=C\C(=O)O.O=C1C=CC(=O)O1. The quantitative estimate of drug-likeness (QED) is 0.330. The van der Waals surface area contributed by atoms with E-state index in [9.17, 15) is 28.8 Å². The van der Waals surface area contributed by atoms with E-state index in [1.807, 2.05) is 25.1 Å². The molecule has 32 heavy (non-hydrogen) atoms. The van der Waals surface area contributed by atoms with E-state index in [2.05, 4.69) is 10.2 Å². The molecule has 3 N–H and O–H groups in total. The van der Waals surface area contributed by atoms with Gasteiger partial charge in [-0.2, -0.15) is 0 Å². The number of rotatable bonds is 6. The van der Waals surface area contributed by atoms with E-state index in [0.717, 1.165) is 25.0 Å². The molecule has 0 saturated carbocycles. The minimum absolute atomic E-state index is 0.144. The minimum Gasteiger partial charge on any atom is -0.478 e. The van der Waals surface area contributed by atoms with Crippen LogP contribution in [-0.2, 0) is 33.5 Å². The molecule has 1 aromatic carbocycles. The summed E-state index contributed by atoms with van der Waals surface area (Å²) in [5.74, 6) is -4.52. The molecular weight excluding hydrogens is 424 g/mol. The summed E-state index contributed by atoms with van der Waals surface area (Å²) in [4.78, 5) is 62.7. The van der Waals surface area contributed by atoms with Crippen LogP contribution in [0.3, 0.4) is 0 Å². The fourth-order valence-electron chi connectivity index (χ4n) is 2.39. The number of hydrogen-bond acceptors (Lipinski definition) is 7. The number of esters is 2. The number of hydrogen-bond donors (Lipinski definition) is 3. The van der Waals surface area contributed by atoms with Crippen molar-refractivity contribution in [1.29, 1.82) is 0 Å². The normalized spacial score (nSPS) is 16.7. The van der Waals surface area contributed by atoms with Crippen LogP contribution in [0.25, 0.3) is 0 Å². The standard InChI is InChI=1S/C13H16N2O2.C4H4O4.C4H2O3/c1-2-3-9-11-12(16)14-15(13(11)17)10-7-5-4-6-8-10;5-3(6)1-2-4(7)8;5-3-1-2-4(6)7-3/h4-8,11H,2-3,9H2,1H3,(H,14,16);1-2H,(H,5,6)(H,7,8);1-2H/b;2-1-;. The highest BCUT2D eigenvalue weighted by molar-refractivity contribution is 6.14. The third-order valence-corrected chi connectivity index (χ3v) is 3.84. The van der Waals surface area contributed by atoms with Crippen molar-refractivity contribution >= 4 is 41.4 Å². The largest absolute Gasteiger partial charge is 0.478 e. The molecule has 2 amide bonds. The third-order valence-electron chi connectivity index (χ3n) is 3.84. The Bertz CT molecular complexity index is 890. The maximum atomic E-state index is 12.1. The van der Waals surface area contributed by atoms with Crippen LogP contribution in [0.1, 0.15) is 26.2 Å². The molecule has 0 radical (unpaired) electrons. The molecule has 11 heteroatoms. The number of carboxylic acids is 2. The highest BCUT2D eigenvalue weighted by Crippen LogP contribution is 2.22. The molecule has 3 rings (SSSR count). The number of anilines is 1. The summed E-state index contributed by atoms with van der Waals surface area (Å²) in [6.07, 6.45) is 5.80. The fourth-order valence-corrected chi connectivity index (χ4v) is 2.39. The average Bonchev–Trinajstić information content (AvgIpc) is 3.27. The number of carbonyl (C=O) groups excluding carboxylic acids is 4. The number of para-hydroxylation sites is 1. The van der Waals surface area contributed by atoms with Crippen LogP contribution in [-0.4, -0.2) is 45.9 Å². The van der Waals surface area contributed by atoms with Crippen LogP contribution in [0.5, 0.6) is 0 Å². The van der Waals surface area contributed by atoms with E-state index < -0.39 is 29.8 Å². The zero-order valence-corrected chi connectivity index (χ0v) is 17.1. The minimum atomic E-state index is -1.26. The third kappa shape index (κ3) is 9.03. The first kappa shape index (κ1) is 25.8. The summed E-state index contributed by atoms with van der Waals surface area (Å²) >= 11 is 0. The van der Waals surface area contributed by atoms with Crippen molar-refractivity contribution < 1.29 is 43.7 Å². The molecule has 0 aliphatic carbocycles. The van der Waals surface area contributed by atoms with Crippen molar-refractivity contribution in [3.05, 3.63) is 54.6 Å². The van der Waals surface area contributed by atoms with Crippen LogP contribution in [0.4, 0.5) is 5.69 Å². The predicted octanol–water partition coefficient (Wildman–Crippen LogP) is 1.21. The molecule has 2 aliphatic rings. The maximum Gasteiger partial charge on any atom is 0.338 e. The molecule has 11 nitrogen and oxygen atoms in total. The van der Waals surface area contributed by atoms with Crippen LogP contribution in [0.2, 0.25) is 0 Å². The summed E-state index contributed by atoms with van der Waals surface area (Å²) in [6.45, 7) is 2.05. The van der Waals surface area contributed by atoms with Crippen molar-refractivity contribution in [2.75, 3.05) is 5.01 Å². The van der Waals surface area contributed by atoms with E-state index in [4.69, 9.17) is 10.2 Å². The Morgan fingerprint density at radius 2 is 1.53 bits per heavy atom. The molecule has 0 spiro atoms. The van der Waals surface area contributed by atoms with Gasteiger partial charge in [0.05, 0.1) is 5.69 Å². The lowest BCUT2D eigenvalue weighted by atomic mass is 10.0. The lowest BCUT2D eigenvalue weighted by Crippen LogP contribution is -2.35. The van der Waals surface area contributed by atoms with Crippen molar-refractivity contribution in [2.24, 2.45) is 5.92 Å². The zero-order chi connectivity index (χ0) is 24.1. The van der Waals surface area contributed by atoms with Gasteiger partial charge in [0.2, 0.25) is 0 Å². The number of cyclic esters (lactones) is 2. The first-order valence-electron chi connectivity index (χ1n) is 9.43. The second-order valence-corrected chi connectivity index (χ2v) is 6.26. The topological polar surface area (TPSA) is 167 Å². The van der Waals surface area contributed by atoms with Crippen LogP contribution in [0.15, 0.2) is 54.6 Å². The summed E-state index contributed by atoms with van der Waals surface area (Å²) in [6, 6.07) is 9.17. The number of benzene rings is 1. The van der Waals surface area contributed by atoms with E-state index in [0.29, 0.717) is 24.3 Å². The fraction of sp³-hybridized carbons (Fsp3) is 0.238. The van der Waals surface area contributed by atoms with Gasteiger partial charge in [0.1, 0.15) is 5.92 Å². The second kappa shape index (κ2) is 13.1. The average molecular weight is 446 g/mol. The summed E-state index contributed by atoms with van der Waals surface area (Å²) < 4.78 is 3.97. The molecule has 1 saturated heterocycles. The number of nitrogens with zero attached hydrogens (tertiary/aromatic N) is 1. The molecule has 1 atom stereocenters. The summed E-state index contributed by atoms with van der Waals surface area (Å²) in [5.41, 5.74) is 3.34. The monoisotopic (exact) mass is 446 g/mol. The van der Waals surface area contributed by atoms with Crippen molar-refractivity contribution in [1.82, 2.24) is 5.43 Å². The smallest absolute Gasteiger partial charge is 0.338 e. The molecular formula is C21H22N2O9. The molecule has 0 bridgehead atoms. The lowest BCUT2D eigenvalue weighted by molar-refractivity contribution is -0.150. The molecule has 2 heterocycles. The zero-order valence-electron chi connectivity index (χ0n) is 17.1. The van der Waals surface area contributed by atoms with E-state index in [1.165, 1.54) is 5.01 Å². The van der Waals surface area contributed by atoms with Gasteiger partial charge >= 0.3 is 23.9 Å². The van der Waals surface area contributed by atoms with Gasteiger partial charge in [-0.3, -0.25) is 15.0 Å². The number of amides is 2. The number of carboxylic acid groups (broad SMARTS) is 2. The molecule has 1 fully saturated rings. The van der Waals surface area contributed by atoms with Gasteiger partial charge in [-0.25, -0.2) is 24.2 Å². The van der Waals surface area contributed by atoms with E-state index in [1.54, 1.807) is 12.1 Å².